The Balaban J connectivity index is 1.93. The van der Waals surface area contributed by atoms with Gasteiger partial charge in [-0.1, -0.05) is 13.3 Å². The Bertz CT molecular complexity index is 655. The zero-order valence-corrected chi connectivity index (χ0v) is 19.2. The van der Waals surface area contributed by atoms with E-state index in [1.54, 1.807) is 44.5 Å². The molecule has 1 aromatic rings. The van der Waals surface area contributed by atoms with Crippen LogP contribution in [0.4, 0.5) is 0 Å². The molecule has 1 aliphatic rings. The van der Waals surface area contributed by atoms with Gasteiger partial charge >= 0.3 is 5.97 Å². The van der Waals surface area contributed by atoms with Gasteiger partial charge in [0.15, 0.2) is 12.5 Å². The summed E-state index contributed by atoms with van der Waals surface area (Å²) in [5.41, 5.74) is 0. The summed E-state index contributed by atoms with van der Waals surface area (Å²) in [5.74, 6) is 1.37. The molecule has 0 radical (unpaired) electrons. The van der Waals surface area contributed by atoms with Crippen molar-refractivity contribution in [3.8, 4) is 11.5 Å². The number of carbonyl (C=O) groups excluding carboxylic acids is 1. The Morgan fingerprint density at radius 3 is 2.59 bits per heavy atom. The number of alkyl halides is 1. The van der Waals surface area contributed by atoms with Gasteiger partial charge in [0.2, 0.25) is 0 Å². The summed E-state index contributed by atoms with van der Waals surface area (Å²) in [6, 6.07) is 7.35. The van der Waals surface area contributed by atoms with E-state index in [0.717, 1.165) is 25.7 Å². The maximum Gasteiger partial charge on any atom is 0.347 e. The standard InChI is InChI=1S/C22H32ClNO4S/c1-5-7-16-12-17(23)13-20(29-4)21(16)24-14-27-18-8-10-19(11-9-18)28-15(3)22(25)26-6-2/h8-11,14-17,20-21H,5-7,12-13H2,1-4H3/t15-,16?,17?,20?,21?/m1/s1. The Kier molecular flexibility index (Phi) is 10.2. The van der Waals surface area contributed by atoms with Crippen LogP contribution in [0.25, 0.3) is 0 Å². The number of benzene rings is 1. The van der Waals surface area contributed by atoms with E-state index < -0.39 is 6.10 Å². The van der Waals surface area contributed by atoms with Gasteiger partial charge in [0.05, 0.1) is 12.6 Å². The van der Waals surface area contributed by atoms with Gasteiger partial charge in [-0.15, -0.1) is 11.6 Å². The average Bonchev–Trinajstić information content (AvgIpc) is 2.70. The van der Waals surface area contributed by atoms with Gasteiger partial charge < -0.3 is 14.2 Å². The number of hydrogen-bond donors (Lipinski definition) is 0. The summed E-state index contributed by atoms with van der Waals surface area (Å²) in [6.45, 7) is 5.97. The highest BCUT2D eigenvalue weighted by Gasteiger charge is 2.36. The Labute approximate surface area is 183 Å². The van der Waals surface area contributed by atoms with E-state index in [1.165, 1.54) is 0 Å². The van der Waals surface area contributed by atoms with Crippen molar-refractivity contribution in [1.82, 2.24) is 0 Å². The molecule has 1 fully saturated rings. The van der Waals surface area contributed by atoms with Gasteiger partial charge in [-0.3, -0.25) is 4.99 Å². The number of carbonyl (C=O) groups is 1. The molecule has 0 bridgehead atoms. The van der Waals surface area contributed by atoms with E-state index in [0.29, 0.717) is 29.3 Å². The molecule has 29 heavy (non-hydrogen) atoms. The first kappa shape index (κ1) is 23.9. The lowest BCUT2D eigenvalue weighted by Crippen LogP contribution is -2.38. The maximum atomic E-state index is 11.7. The first-order valence-corrected chi connectivity index (χ1v) is 12.0. The van der Waals surface area contributed by atoms with Gasteiger partial charge in [0.1, 0.15) is 11.5 Å². The zero-order chi connectivity index (χ0) is 21.2. The van der Waals surface area contributed by atoms with Crippen molar-refractivity contribution in [2.75, 3.05) is 12.9 Å². The minimum absolute atomic E-state index is 0.230. The molecule has 5 atom stereocenters. The third-order valence-electron chi connectivity index (χ3n) is 5.05. The number of nitrogens with zero attached hydrogens (tertiary/aromatic N) is 1. The van der Waals surface area contributed by atoms with Crippen LogP contribution in [-0.4, -0.2) is 48.0 Å². The number of ether oxygens (including phenoxy) is 3. The molecule has 7 heteroatoms. The lowest BCUT2D eigenvalue weighted by Gasteiger charge is -2.37. The van der Waals surface area contributed by atoms with Crippen LogP contribution in [0, 0.1) is 5.92 Å². The van der Waals surface area contributed by atoms with Crippen LogP contribution in [0.2, 0.25) is 0 Å². The summed E-state index contributed by atoms with van der Waals surface area (Å²) >= 11 is 8.31. The van der Waals surface area contributed by atoms with Crippen LogP contribution in [0.3, 0.4) is 0 Å². The third-order valence-corrected chi connectivity index (χ3v) is 6.48. The zero-order valence-electron chi connectivity index (χ0n) is 17.7. The Hall–Kier alpha value is -1.40. The summed E-state index contributed by atoms with van der Waals surface area (Å²) in [4.78, 5) is 16.4. The van der Waals surface area contributed by atoms with Gasteiger partial charge in [-0.05, 0) is 69.5 Å². The fourth-order valence-electron chi connectivity index (χ4n) is 3.64. The highest BCUT2D eigenvalue weighted by molar-refractivity contribution is 7.99. The van der Waals surface area contributed by atoms with Crippen molar-refractivity contribution >= 4 is 35.7 Å². The first-order valence-electron chi connectivity index (χ1n) is 10.3. The molecule has 0 amide bonds. The van der Waals surface area contributed by atoms with Crippen molar-refractivity contribution in [2.24, 2.45) is 10.9 Å². The highest BCUT2D eigenvalue weighted by Crippen LogP contribution is 2.38. The van der Waals surface area contributed by atoms with Crippen molar-refractivity contribution in [2.45, 2.75) is 69.2 Å². The molecule has 1 saturated carbocycles. The van der Waals surface area contributed by atoms with Crippen molar-refractivity contribution < 1.29 is 19.0 Å². The summed E-state index contributed by atoms with van der Waals surface area (Å²) in [5, 5.41) is 0.656. The van der Waals surface area contributed by atoms with Crippen LogP contribution < -0.4 is 9.47 Å². The molecule has 1 aliphatic carbocycles. The molecule has 0 N–H and O–H groups in total. The largest absolute Gasteiger partial charge is 0.479 e. The quantitative estimate of drug-likeness (QED) is 0.212. The molecule has 2 rings (SSSR count). The molecule has 162 valence electrons. The third kappa shape index (κ3) is 7.41. The minimum atomic E-state index is -0.653. The number of esters is 1. The second-order valence-electron chi connectivity index (χ2n) is 7.24. The van der Waals surface area contributed by atoms with Crippen LogP contribution >= 0.6 is 23.4 Å². The SMILES string of the molecule is CCCC1CC(Cl)CC(SC)C1N=COc1ccc(O[C@H](C)C(=O)OCC)cc1. The normalized spacial score (nSPS) is 25.6. The van der Waals surface area contributed by atoms with Gasteiger partial charge in [-0.25, -0.2) is 4.79 Å². The predicted molar refractivity (Wildman–Crippen MR) is 121 cm³/mol. The lowest BCUT2D eigenvalue weighted by molar-refractivity contribution is -0.150. The summed E-state index contributed by atoms with van der Waals surface area (Å²) in [7, 11) is 0. The molecule has 0 aromatic heterocycles. The fraction of sp³-hybridized carbons (Fsp3) is 0.636. The smallest absolute Gasteiger partial charge is 0.347 e. The summed E-state index contributed by atoms with van der Waals surface area (Å²) in [6.07, 6.45) is 7.29. The second-order valence-corrected chi connectivity index (χ2v) is 8.93. The van der Waals surface area contributed by atoms with Gasteiger partial charge in [0.25, 0.3) is 0 Å². The second kappa shape index (κ2) is 12.3. The molecule has 5 nitrogen and oxygen atoms in total. The Morgan fingerprint density at radius 2 is 1.97 bits per heavy atom. The van der Waals surface area contributed by atoms with Crippen molar-refractivity contribution in [1.29, 1.82) is 0 Å². The van der Waals surface area contributed by atoms with Gasteiger partial charge in [0, 0.05) is 10.6 Å². The lowest BCUT2D eigenvalue weighted by atomic mass is 9.81. The van der Waals surface area contributed by atoms with Crippen LogP contribution in [0.5, 0.6) is 11.5 Å². The number of rotatable bonds is 10. The molecule has 0 aliphatic heterocycles. The van der Waals surface area contributed by atoms with E-state index in [-0.39, 0.29) is 17.4 Å². The van der Waals surface area contributed by atoms with Crippen LogP contribution in [0.15, 0.2) is 29.3 Å². The monoisotopic (exact) mass is 441 g/mol. The Morgan fingerprint density at radius 1 is 1.28 bits per heavy atom. The van der Waals surface area contributed by atoms with Gasteiger partial charge in [-0.2, -0.15) is 11.8 Å². The van der Waals surface area contributed by atoms with Crippen LogP contribution in [-0.2, 0) is 9.53 Å². The minimum Gasteiger partial charge on any atom is -0.479 e. The van der Waals surface area contributed by atoms with Crippen molar-refractivity contribution in [3.63, 3.8) is 0 Å². The number of halogens is 1. The number of hydrogen-bond acceptors (Lipinski definition) is 6. The molecule has 4 unspecified atom stereocenters. The van der Waals surface area contributed by atoms with E-state index in [9.17, 15) is 4.79 Å². The summed E-state index contributed by atoms with van der Waals surface area (Å²) < 4.78 is 16.2. The highest BCUT2D eigenvalue weighted by atomic mass is 35.5. The van der Waals surface area contributed by atoms with E-state index in [4.69, 9.17) is 30.8 Å². The van der Waals surface area contributed by atoms with E-state index in [2.05, 4.69) is 13.2 Å². The molecular formula is C22H32ClNO4S. The predicted octanol–water partition coefficient (Wildman–Crippen LogP) is 5.34. The number of aliphatic imine (C=N–C) groups is 1. The van der Waals surface area contributed by atoms with E-state index >= 15 is 0 Å². The average molecular weight is 442 g/mol. The fourth-order valence-corrected chi connectivity index (χ4v) is 5.16. The molecular weight excluding hydrogens is 410 g/mol. The maximum absolute atomic E-state index is 11.7. The number of thioether (sulfide) groups is 1. The molecule has 0 saturated heterocycles. The molecule has 1 aromatic carbocycles. The molecule has 0 heterocycles. The first-order chi connectivity index (χ1) is 14.0. The topological polar surface area (TPSA) is 57.1 Å². The van der Waals surface area contributed by atoms with Crippen molar-refractivity contribution in [3.05, 3.63) is 24.3 Å². The van der Waals surface area contributed by atoms with E-state index in [1.807, 2.05) is 11.8 Å². The molecule has 0 spiro atoms. The van der Waals surface area contributed by atoms with Crippen LogP contribution in [0.1, 0.15) is 46.5 Å².